The zero-order valence-electron chi connectivity index (χ0n) is 21.2. The Balaban J connectivity index is 1.36. The molecule has 0 unspecified atom stereocenters. The van der Waals surface area contributed by atoms with Crippen LogP contribution in [0.2, 0.25) is 0 Å². The molecule has 0 N–H and O–H groups in total. The van der Waals surface area contributed by atoms with Gasteiger partial charge in [0, 0.05) is 37.5 Å². The Bertz CT molecular complexity index is 2370. The third-order valence-corrected chi connectivity index (χ3v) is 8.93. The molecular formula is C35H20N4S. The maximum Gasteiger partial charge on any atom is 0.160 e. The number of fused-ring (bicyclic) bond motifs is 6. The number of nitrogens with zero attached hydrogens (tertiary/aromatic N) is 4. The third kappa shape index (κ3) is 3.04. The molecule has 0 amide bonds. The van der Waals surface area contributed by atoms with Gasteiger partial charge in [-0.2, -0.15) is 0 Å². The molecule has 0 fully saturated rings. The molecule has 9 aromatic rings. The number of thiophene rings is 1. The standard InChI is InChI=1S/C35H20N4S/c1-3-10-21(11-4-1)30-33-26-20-23(18-19-24(26)27-15-9-17-29(36-30)39(27)33)35-37-31(22-12-5-2-6-13-22)34-32(38-35)25-14-7-8-16-28(25)40-34/h1-20H. The first kappa shape index (κ1) is 21.8. The van der Waals surface area contributed by atoms with Crippen LogP contribution < -0.4 is 0 Å². The SMILES string of the molecule is c1ccc(-c2nc(-c3ccc4c(c3)c3c(-c5ccccc5)nc5cccc4n53)nc3c2sc2ccccc23)cc1. The summed E-state index contributed by atoms with van der Waals surface area (Å²) in [6, 6.07) is 42.3. The van der Waals surface area contributed by atoms with Crippen molar-refractivity contribution in [3.05, 3.63) is 121 Å². The average molecular weight is 529 g/mol. The Morgan fingerprint density at radius 1 is 0.525 bits per heavy atom. The van der Waals surface area contributed by atoms with Crippen LogP contribution in [0.4, 0.5) is 0 Å². The van der Waals surface area contributed by atoms with Crippen molar-refractivity contribution in [2.75, 3.05) is 0 Å². The van der Waals surface area contributed by atoms with Crippen molar-refractivity contribution in [1.82, 2.24) is 19.4 Å². The van der Waals surface area contributed by atoms with E-state index in [0.29, 0.717) is 0 Å². The predicted molar refractivity (Wildman–Crippen MR) is 166 cm³/mol. The summed E-state index contributed by atoms with van der Waals surface area (Å²) < 4.78 is 4.62. The van der Waals surface area contributed by atoms with E-state index in [1.165, 1.54) is 15.5 Å². The number of rotatable bonds is 3. The fraction of sp³-hybridized carbons (Fsp3) is 0. The molecule has 40 heavy (non-hydrogen) atoms. The predicted octanol–water partition coefficient (Wildman–Crippen LogP) is 9.24. The number of hydrogen-bond acceptors (Lipinski definition) is 4. The molecule has 0 aliphatic rings. The highest BCUT2D eigenvalue weighted by Gasteiger charge is 2.21. The van der Waals surface area contributed by atoms with E-state index in [-0.39, 0.29) is 0 Å². The number of benzene rings is 4. The lowest BCUT2D eigenvalue weighted by atomic mass is 10.0. The zero-order valence-corrected chi connectivity index (χ0v) is 22.1. The van der Waals surface area contributed by atoms with Crippen molar-refractivity contribution in [2.45, 2.75) is 0 Å². The van der Waals surface area contributed by atoms with E-state index in [4.69, 9.17) is 15.0 Å². The maximum absolute atomic E-state index is 5.21. The van der Waals surface area contributed by atoms with Gasteiger partial charge in [0.25, 0.3) is 0 Å². The number of imidazole rings is 1. The summed E-state index contributed by atoms with van der Waals surface area (Å²) in [5.74, 6) is 0.732. The van der Waals surface area contributed by atoms with Crippen molar-refractivity contribution >= 4 is 59.1 Å². The third-order valence-electron chi connectivity index (χ3n) is 7.77. The van der Waals surface area contributed by atoms with Gasteiger partial charge in [-0.15, -0.1) is 11.3 Å². The van der Waals surface area contributed by atoms with E-state index in [2.05, 4.69) is 114 Å². The van der Waals surface area contributed by atoms with Gasteiger partial charge in [0.2, 0.25) is 0 Å². The quantitative estimate of drug-likeness (QED) is 0.230. The minimum Gasteiger partial charge on any atom is -0.292 e. The molecule has 9 rings (SSSR count). The molecule has 0 spiro atoms. The van der Waals surface area contributed by atoms with Crippen molar-refractivity contribution in [1.29, 1.82) is 0 Å². The Kier molecular flexibility index (Phi) is 4.45. The summed E-state index contributed by atoms with van der Waals surface area (Å²) in [5.41, 5.74) is 9.42. The van der Waals surface area contributed by atoms with Crippen LogP contribution in [0.5, 0.6) is 0 Å². The zero-order chi connectivity index (χ0) is 26.2. The molecule has 5 heteroatoms. The fourth-order valence-corrected chi connectivity index (χ4v) is 7.12. The molecule has 5 aromatic heterocycles. The first-order valence-electron chi connectivity index (χ1n) is 13.3. The van der Waals surface area contributed by atoms with Gasteiger partial charge >= 0.3 is 0 Å². The first-order valence-corrected chi connectivity index (χ1v) is 14.1. The van der Waals surface area contributed by atoms with Gasteiger partial charge in [0.05, 0.1) is 32.6 Å². The molecule has 0 saturated carbocycles. The first-order chi connectivity index (χ1) is 19.8. The van der Waals surface area contributed by atoms with E-state index in [0.717, 1.165) is 66.2 Å². The van der Waals surface area contributed by atoms with E-state index < -0.39 is 0 Å². The molecule has 4 nitrogen and oxygen atoms in total. The van der Waals surface area contributed by atoms with Crippen molar-refractivity contribution < 1.29 is 0 Å². The van der Waals surface area contributed by atoms with Crippen molar-refractivity contribution in [2.24, 2.45) is 0 Å². The Hall–Kier alpha value is -5.13. The summed E-state index contributed by atoms with van der Waals surface area (Å²) in [6.07, 6.45) is 0. The second-order valence-corrected chi connectivity index (χ2v) is 11.1. The monoisotopic (exact) mass is 528 g/mol. The van der Waals surface area contributed by atoms with Crippen LogP contribution in [-0.4, -0.2) is 19.4 Å². The second-order valence-electron chi connectivity index (χ2n) is 10.1. The Labute approximate surface area is 233 Å². The summed E-state index contributed by atoms with van der Waals surface area (Å²) >= 11 is 1.76. The van der Waals surface area contributed by atoms with Crippen molar-refractivity contribution in [3.63, 3.8) is 0 Å². The normalized spacial score (nSPS) is 12.0. The van der Waals surface area contributed by atoms with Gasteiger partial charge in [-0.05, 0) is 24.3 Å². The van der Waals surface area contributed by atoms with Crippen LogP contribution in [-0.2, 0) is 0 Å². The fourth-order valence-electron chi connectivity index (χ4n) is 5.96. The summed E-state index contributed by atoms with van der Waals surface area (Å²) in [5, 5.41) is 3.53. The van der Waals surface area contributed by atoms with Crippen molar-refractivity contribution in [3.8, 4) is 33.9 Å². The lowest BCUT2D eigenvalue weighted by Crippen LogP contribution is -1.93. The molecular weight excluding hydrogens is 508 g/mol. The van der Waals surface area contributed by atoms with E-state index >= 15 is 0 Å². The average Bonchev–Trinajstić information content (AvgIpc) is 3.70. The molecule has 0 radical (unpaired) electrons. The van der Waals surface area contributed by atoms with Gasteiger partial charge in [-0.25, -0.2) is 15.0 Å². The summed E-state index contributed by atoms with van der Waals surface area (Å²) in [4.78, 5) is 15.4. The van der Waals surface area contributed by atoms with Crippen LogP contribution in [0.25, 0.3) is 81.7 Å². The van der Waals surface area contributed by atoms with E-state index in [1.54, 1.807) is 11.3 Å². The molecule has 0 bridgehead atoms. The van der Waals surface area contributed by atoms with Gasteiger partial charge < -0.3 is 0 Å². The maximum atomic E-state index is 5.21. The highest BCUT2D eigenvalue weighted by molar-refractivity contribution is 7.26. The largest absolute Gasteiger partial charge is 0.292 e. The van der Waals surface area contributed by atoms with E-state index in [1.807, 2.05) is 12.1 Å². The Morgan fingerprint density at radius 2 is 1.27 bits per heavy atom. The minimum atomic E-state index is 0.732. The topological polar surface area (TPSA) is 43.1 Å². The molecule has 0 aliphatic heterocycles. The van der Waals surface area contributed by atoms with Crippen LogP contribution in [0.1, 0.15) is 0 Å². The molecule has 5 heterocycles. The Morgan fingerprint density at radius 3 is 2.10 bits per heavy atom. The second kappa shape index (κ2) is 8.18. The molecule has 0 atom stereocenters. The minimum absolute atomic E-state index is 0.732. The van der Waals surface area contributed by atoms with Crippen LogP contribution in [0.3, 0.4) is 0 Å². The molecule has 4 aromatic carbocycles. The van der Waals surface area contributed by atoms with Crippen LogP contribution >= 0.6 is 11.3 Å². The summed E-state index contributed by atoms with van der Waals surface area (Å²) in [7, 11) is 0. The highest BCUT2D eigenvalue weighted by Crippen LogP contribution is 2.41. The molecule has 0 saturated heterocycles. The lowest BCUT2D eigenvalue weighted by molar-refractivity contribution is 1.24. The number of hydrogen-bond donors (Lipinski definition) is 0. The van der Waals surface area contributed by atoms with Gasteiger partial charge in [0.1, 0.15) is 5.65 Å². The van der Waals surface area contributed by atoms with Crippen LogP contribution in [0.15, 0.2) is 121 Å². The van der Waals surface area contributed by atoms with Gasteiger partial charge in [-0.1, -0.05) is 97.1 Å². The number of pyridine rings is 1. The highest BCUT2D eigenvalue weighted by atomic mass is 32.1. The number of aromatic nitrogens is 4. The molecule has 0 aliphatic carbocycles. The summed E-state index contributed by atoms with van der Waals surface area (Å²) in [6.45, 7) is 0. The van der Waals surface area contributed by atoms with Gasteiger partial charge in [0.15, 0.2) is 5.82 Å². The van der Waals surface area contributed by atoms with E-state index in [9.17, 15) is 0 Å². The van der Waals surface area contributed by atoms with Crippen LogP contribution in [0, 0.1) is 0 Å². The van der Waals surface area contributed by atoms with Gasteiger partial charge in [-0.3, -0.25) is 4.40 Å². The lowest BCUT2D eigenvalue weighted by Gasteiger charge is -2.07. The smallest absolute Gasteiger partial charge is 0.160 e. The molecule has 186 valence electrons.